The van der Waals surface area contributed by atoms with Gasteiger partial charge in [0.25, 0.3) is 0 Å². The van der Waals surface area contributed by atoms with Gasteiger partial charge in [0.2, 0.25) is 0 Å². The summed E-state index contributed by atoms with van der Waals surface area (Å²) in [6.45, 7) is 18.6. The topological polar surface area (TPSA) is 12.0 Å². The van der Waals surface area contributed by atoms with E-state index in [1.807, 2.05) is 0 Å². The molecule has 1 N–H and O–H groups in total. The van der Waals surface area contributed by atoms with E-state index >= 15 is 0 Å². The Morgan fingerprint density at radius 3 is 1.95 bits per heavy atom. The molecule has 0 bridgehead atoms. The molecule has 1 nitrogen and oxygen atoms in total. The van der Waals surface area contributed by atoms with Gasteiger partial charge >= 0.3 is 132 Å². The minimum atomic E-state index is -1.74. The second-order valence-corrected chi connectivity index (χ2v) is 27.7. The van der Waals surface area contributed by atoms with Gasteiger partial charge in [-0.05, 0) is 0 Å². The molecule has 0 aliphatic heterocycles. The van der Waals surface area contributed by atoms with E-state index in [9.17, 15) is 0 Å². The van der Waals surface area contributed by atoms with Crippen molar-refractivity contribution >= 4 is 6.66 Å². The number of nitrogens with one attached hydrogen (secondary N) is 1. The van der Waals surface area contributed by atoms with Crippen molar-refractivity contribution in [2.75, 3.05) is 0 Å². The summed E-state index contributed by atoms with van der Waals surface area (Å²) >= 11 is -1.74. The summed E-state index contributed by atoms with van der Waals surface area (Å²) in [5, 5.41) is 5.12. The zero-order valence-corrected chi connectivity index (χ0v) is 18.1. The summed E-state index contributed by atoms with van der Waals surface area (Å²) in [7, 11) is 0. The van der Waals surface area contributed by atoms with Crippen molar-refractivity contribution in [2.45, 2.75) is 77.1 Å². The number of hydrogen-bond donors (Lipinski definition) is 1. The third-order valence-electron chi connectivity index (χ3n) is 5.54. The van der Waals surface area contributed by atoms with Gasteiger partial charge in [0.05, 0.1) is 0 Å². The molecule has 0 aromatic rings. The number of rotatable bonds is 5. The summed E-state index contributed by atoms with van der Waals surface area (Å²) < 4.78 is 4.13. The standard InChI is InChI=1S/C13H22N.C2H7Si.2CH3.Ti/c1-8-9(2)11(4)12(10(8)3)7-13(5,6)14;1-3-2;;;/h10,14H,7H2,1-6H3;3H,1-2H3;2*1H3;/q-1;;;;+1. The van der Waals surface area contributed by atoms with Crippen LogP contribution in [-0.2, 0) is 16.1 Å². The predicted molar refractivity (Wildman–Crippen MR) is 92.7 cm³/mol. The molecule has 0 fully saturated rings. The Balaban J connectivity index is 2.89. The first-order chi connectivity index (χ1) is 8.89. The molecule has 20 heavy (non-hydrogen) atoms. The first-order valence-electron chi connectivity index (χ1n) is 8.06. The molecule has 1 unspecified atom stereocenters. The molecule has 0 aromatic carbocycles. The van der Waals surface area contributed by atoms with Gasteiger partial charge in [0.15, 0.2) is 0 Å². The van der Waals surface area contributed by atoms with Crippen LogP contribution >= 0.6 is 0 Å². The molecule has 1 aliphatic rings. The van der Waals surface area contributed by atoms with E-state index in [2.05, 4.69) is 68.9 Å². The van der Waals surface area contributed by atoms with Gasteiger partial charge in [-0.3, -0.25) is 0 Å². The van der Waals surface area contributed by atoms with E-state index in [0.717, 1.165) is 0 Å². The monoisotopic (exact) mass is 329 g/mol. The van der Waals surface area contributed by atoms with E-state index in [-0.39, 0.29) is 5.54 Å². The second-order valence-electron chi connectivity index (χ2n) is 8.24. The van der Waals surface area contributed by atoms with Crippen molar-refractivity contribution in [3.63, 3.8) is 0 Å². The molecule has 3 heteroatoms. The molecule has 0 saturated carbocycles. The van der Waals surface area contributed by atoms with Crippen LogP contribution in [-0.4, -0.2) is 12.2 Å². The second kappa shape index (κ2) is 6.24. The first kappa shape index (κ1) is 18.4. The van der Waals surface area contributed by atoms with Crippen LogP contribution in [0.5, 0.6) is 0 Å². The van der Waals surface area contributed by atoms with Gasteiger partial charge < -0.3 is 0 Å². The molecular weight excluding hydrogens is 294 g/mol. The molecule has 0 saturated heterocycles. The van der Waals surface area contributed by atoms with Crippen molar-refractivity contribution in [1.29, 1.82) is 0 Å². The van der Waals surface area contributed by atoms with Crippen LogP contribution in [0.4, 0.5) is 0 Å². The minimum absolute atomic E-state index is 0.247. The van der Waals surface area contributed by atoms with Crippen LogP contribution in [0.3, 0.4) is 0 Å². The average Bonchev–Trinajstić information content (AvgIpc) is 2.45. The van der Waals surface area contributed by atoms with Gasteiger partial charge in [-0.15, -0.1) is 0 Å². The van der Waals surface area contributed by atoms with E-state index in [0.29, 0.717) is 5.92 Å². The van der Waals surface area contributed by atoms with Crippen LogP contribution < -0.4 is 3.80 Å². The van der Waals surface area contributed by atoms with E-state index in [4.69, 9.17) is 0 Å². The van der Waals surface area contributed by atoms with E-state index in [1.54, 1.807) is 16.7 Å². The Hall–Kier alpha value is 0.371. The van der Waals surface area contributed by atoms with Crippen LogP contribution in [0, 0.1) is 5.92 Å². The maximum absolute atomic E-state index is 4.13. The van der Waals surface area contributed by atoms with Crippen LogP contribution in [0.2, 0.25) is 23.6 Å². The number of hydrogen-bond acceptors (Lipinski definition) is 1. The first-order valence-corrected chi connectivity index (χ1v) is 17.6. The molecule has 0 spiro atoms. The Morgan fingerprint density at radius 2 is 1.60 bits per heavy atom. The molecule has 1 aliphatic carbocycles. The van der Waals surface area contributed by atoms with Crippen LogP contribution in [0.1, 0.15) is 48.0 Å². The third kappa shape index (κ3) is 3.97. The summed E-state index contributed by atoms with van der Waals surface area (Å²) in [4.78, 5) is 0. The quantitative estimate of drug-likeness (QED) is 0.684. The summed E-state index contributed by atoms with van der Waals surface area (Å²) in [6, 6.07) is 0. The van der Waals surface area contributed by atoms with Crippen LogP contribution in [0.15, 0.2) is 22.3 Å². The van der Waals surface area contributed by atoms with Crippen molar-refractivity contribution in [1.82, 2.24) is 3.80 Å². The van der Waals surface area contributed by atoms with Gasteiger partial charge in [0.1, 0.15) is 0 Å². The zero-order valence-electron chi connectivity index (χ0n) is 15.4. The zero-order chi connectivity index (χ0) is 15.9. The van der Waals surface area contributed by atoms with Crippen molar-refractivity contribution in [2.24, 2.45) is 5.92 Å². The molecule has 0 radical (unpaired) electrons. The third-order valence-corrected chi connectivity index (χ3v) is 24.6. The Labute approximate surface area is 131 Å². The summed E-state index contributed by atoms with van der Waals surface area (Å²) in [6.07, 6.45) is 1.20. The Kier molecular flexibility index (Phi) is 5.75. The van der Waals surface area contributed by atoms with Gasteiger partial charge in [-0.2, -0.15) is 0 Å². The molecular formula is C17H35NSiTi. The SMILES string of the molecule is CC1=C(C)C(C)C(CC(C)(C)[NH][Ti]([CH3])([CH3])[SiH](C)C)=C1C. The maximum atomic E-state index is 4.13. The van der Waals surface area contributed by atoms with Gasteiger partial charge in [0, 0.05) is 0 Å². The van der Waals surface area contributed by atoms with Gasteiger partial charge in [-0.25, -0.2) is 0 Å². The van der Waals surface area contributed by atoms with Crippen molar-refractivity contribution in [3.05, 3.63) is 22.3 Å². The van der Waals surface area contributed by atoms with E-state index < -0.39 is 22.8 Å². The molecule has 116 valence electrons. The summed E-state index contributed by atoms with van der Waals surface area (Å²) in [5.41, 5.74) is 6.57. The van der Waals surface area contributed by atoms with Crippen LogP contribution in [0.25, 0.3) is 0 Å². The average molecular weight is 329 g/mol. The molecule has 0 aromatic heterocycles. The van der Waals surface area contributed by atoms with Crippen molar-refractivity contribution < 1.29 is 16.1 Å². The fourth-order valence-electron chi connectivity index (χ4n) is 3.27. The normalized spacial score (nSPS) is 21.4. The molecule has 1 rings (SSSR count). The number of allylic oxidation sites excluding steroid dienone is 3. The molecule has 0 amide bonds. The van der Waals surface area contributed by atoms with E-state index in [1.165, 1.54) is 12.0 Å². The van der Waals surface area contributed by atoms with Crippen molar-refractivity contribution in [3.8, 4) is 0 Å². The Morgan fingerprint density at radius 1 is 1.10 bits per heavy atom. The summed E-state index contributed by atoms with van der Waals surface area (Å²) in [5.74, 6) is 0.642. The molecule has 0 heterocycles. The van der Waals surface area contributed by atoms with Gasteiger partial charge in [-0.1, -0.05) is 0 Å². The fraction of sp³-hybridized carbons (Fsp3) is 0.765. The fourth-order valence-corrected chi connectivity index (χ4v) is 9.38. The predicted octanol–water partition coefficient (Wildman–Crippen LogP) is 5.20. The molecule has 1 atom stereocenters. The Bertz CT molecular complexity index is 444.